The van der Waals surface area contributed by atoms with Gasteiger partial charge in [-0.25, -0.2) is 0 Å². The Kier molecular flexibility index (Phi) is 4.19. The topological polar surface area (TPSA) is 104 Å². The lowest BCUT2D eigenvalue weighted by Crippen LogP contribution is -2.22. The number of aliphatic hydroxyl groups is 3. The minimum Gasteiger partial charge on any atom is -0.394 e. The first kappa shape index (κ1) is 12.9. The van der Waals surface area contributed by atoms with Gasteiger partial charge in [0.05, 0.1) is 16.6 Å². The lowest BCUT2D eigenvalue weighted by atomic mass is 10.0. The smallest absolute Gasteiger partial charge is 0.270 e. The number of nitrogens with zero attached hydrogens (tertiary/aromatic N) is 1. The highest BCUT2D eigenvalue weighted by Crippen LogP contribution is 2.28. The highest BCUT2D eigenvalue weighted by Gasteiger charge is 2.21. The molecule has 7 heteroatoms. The van der Waals surface area contributed by atoms with Gasteiger partial charge in [0.2, 0.25) is 0 Å². The summed E-state index contributed by atoms with van der Waals surface area (Å²) in [5.41, 5.74) is -0.0757. The van der Waals surface area contributed by atoms with Gasteiger partial charge < -0.3 is 15.3 Å². The van der Waals surface area contributed by atoms with Crippen molar-refractivity contribution in [1.82, 2.24) is 0 Å². The summed E-state index contributed by atoms with van der Waals surface area (Å²) < 4.78 is 0. The predicted molar refractivity (Wildman–Crippen MR) is 56.2 cm³/mol. The Bertz CT molecular complexity index is 397. The van der Waals surface area contributed by atoms with Crippen molar-refractivity contribution >= 4 is 17.3 Å². The first-order valence-electron chi connectivity index (χ1n) is 4.38. The molecule has 0 aromatic heterocycles. The molecule has 2 unspecified atom stereocenters. The van der Waals surface area contributed by atoms with E-state index in [1.807, 2.05) is 0 Å². The average Bonchev–Trinajstić information content (AvgIpc) is 2.26. The monoisotopic (exact) mass is 247 g/mol. The van der Waals surface area contributed by atoms with Gasteiger partial charge in [-0.1, -0.05) is 11.6 Å². The molecule has 1 aromatic rings. The van der Waals surface area contributed by atoms with Gasteiger partial charge in [0.15, 0.2) is 0 Å². The molecular weight excluding hydrogens is 238 g/mol. The van der Waals surface area contributed by atoms with E-state index in [0.29, 0.717) is 0 Å². The predicted octanol–water partition coefficient (Wildman–Crippen LogP) is 0.635. The van der Waals surface area contributed by atoms with Crippen LogP contribution in [0.25, 0.3) is 0 Å². The van der Waals surface area contributed by atoms with E-state index in [4.69, 9.17) is 16.7 Å². The van der Waals surface area contributed by atoms with E-state index < -0.39 is 23.7 Å². The molecule has 6 nitrogen and oxygen atoms in total. The van der Waals surface area contributed by atoms with Crippen molar-refractivity contribution < 1.29 is 20.2 Å². The van der Waals surface area contributed by atoms with Crippen LogP contribution in [-0.2, 0) is 0 Å². The van der Waals surface area contributed by atoms with Crippen molar-refractivity contribution in [2.45, 2.75) is 12.2 Å². The maximum atomic E-state index is 10.4. The van der Waals surface area contributed by atoms with E-state index in [1.54, 1.807) is 0 Å². The van der Waals surface area contributed by atoms with Crippen LogP contribution in [0.1, 0.15) is 11.7 Å². The quantitative estimate of drug-likeness (QED) is 0.535. The molecule has 0 amide bonds. The van der Waals surface area contributed by atoms with Crippen LogP contribution < -0.4 is 0 Å². The number of non-ortho nitro benzene ring substituents is 1. The zero-order valence-electron chi connectivity index (χ0n) is 8.08. The number of nitro benzene ring substituents is 1. The van der Waals surface area contributed by atoms with Crippen LogP contribution in [0.15, 0.2) is 18.2 Å². The average molecular weight is 248 g/mol. The van der Waals surface area contributed by atoms with E-state index in [9.17, 15) is 20.3 Å². The SMILES string of the molecule is O=[N+]([O-])c1ccc(C(O)C(O)CO)c(Cl)c1. The summed E-state index contributed by atoms with van der Waals surface area (Å²) in [5, 5.41) is 37.8. The molecule has 1 rings (SSSR count). The summed E-state index contributed by atoms with van der Waals surface area (Å²) >= 11 is 5.71. The number of halogens is 1. The third kappa shape index (κ3) is 2.67. The van der Waals surface area contributed by atoms with E-state index in [2.05, 4.69) is 0 Å². The second-order valence-corrected chi connectivity index (χ2v) is 3.56. The largest absolute Gasteiger partial charge is 0.394 e. The highest BCUT2D eigenvalue weighted by molar-refractivity contribution is 6.31. The van der Waals surface area contributed by atoms with Crippen LogP contribution >= 0.6 is 11.6 Å². The summed E-state index contributed by atoms with van der Waals surface area (Å²) in [6, 6.07) is 3.47. The molecule has 88 valence electrons. The van der Waals surface area contributed by atoms with Crippen LogP contribution in [-0.4, -0.2) is 33.0 Å². The van der Waals surface area contributed by atoms with E-state index in [-0.39, 0.29) is 16.3 Å². The van der Waals surface area contributed by atoms with Gasteiger partial charge in [0, 0.05) is 17.7 Å². The third-order valence-electron chi connectivity index (χ3n) is 2.07. The Hall–Kier alpha value is -1.21. The molecule has 0 radical (unpaired) electrons. The number of nitro groups is 1. The number of hydrogen-bond donors (Lipinski definition) is 3. The van der Waals surface area contributed by atoms with E-state index >= 15 is 0 Å². The van der Waals surface area contributed by atoms with Crippen LogP contribution in [0.3, 0.4) is 0 Å². The van der Waals surface area contributed by atoms with Crippen molar-refractivity contribution in [3.05, 3.63) is 38.9 Å². The zero-order chi connectivity index (χ0) is 12.3. The molecular formula is C9H10ClNO5. The Labute approximate surface area is 95.9 Å². The number of rotatable bonds is 4. The van der Waals surface area contributed by atoms with E-state index in [0.717, 1.165) is 12.1 Å². The summed E-state index contributed by atoms with van der Waals surface area (Å²) in [6.45, 7) is -0.630. The van der Waals surface area contributed by atoms with E-state index in [1.165, 1.54) is 6.07 Å². The molecule has 1 aromatic carbocycles. The molecule has 16 heavy (non-hydrogen) atoms. The molecule has 0 spiro atoms. The Morgan fingerprint density at radius 2 is 2.06 bits per heavy atom. The van der Waals surface area contributed by atoms with Crippen LogP contribution in [0.2, 0.25) is 5.02 Å². The number of benzene rings is 1. The second-order valence-electron chi connectivity index (χ2n) is 3.16. The molecule has 0 aliphatic heterocycles. The summed E-state index contributed by atoms with van der Waals surface area (Å²) in [6.07, 6.45) is -2.75. The van der Waals surface area contributed by atoms with Crippen molar-refractivity contribution in [2.24, 2.45) is 0 Å². The molecule has 3 N–H and O–H groups in total. The van der Waals surface area contributed by atoms with Crippen molar-refractivity contribution in [3.63, 3.8) is 0 Å². The summed E-state index contributed by atoms with van der Waals surface area (Å²) in [4.78, 5) is 9.80. The first-order valence-corrected chi connectivity index (χ1v) is 4.76. The van der Waals surface area contributed by atoms with Crippen LogP contribution in [0.5, 0.6) is 0 Å². The van der Waals surface area contributed by atoms with Gasteiger partial charge in [-0.05, 0) is 6.07 Å². The van der Waals surface area contributed by atoms with Gasteiger partial charge in [-0.15, -0.1) is 0 Å². The number of aliphatic hydroxyl groups excluding tert-OH is 3. The Morgan fingerprint density at radius 1 is 1.44 bits per heavy atom. The van der Waals surface area contributed by atoms with Gasteiger partial charge in [-0.3, -0.25) is 10.1 Å². The fourth-order valence-electron chi connectivity index (χ4n) is 1.18. The minimum absolute atomic E-state index is 0.0331. The second kappa shape index (κ2) is 5.22. The third-order valence-corrected chi connectivity index (χ3v) is 2.39. The molecule has 0 saturated carbocycles. The first-order chi connectivity index (χ1) is 7.47. The van der Waals surface area contributed by atoms with Gasteiger partial charge in [0.25, 0.3) is 5.69 Å². The maximum absolute atomic E-state index is 10.4. The molecule has 0 saturated heterocycles. The normalized spacial score (nSPS) is 14.5. The lowest BCUT2D eigenvalue weighted by Gasteiger charge is -2.16. The fourth-order valence-corrected chi connectivity index (χ4v) is 1.46. The zero-order valence-corrected chi connectivity index (χ0v) is 8.83. The molecule has 0 fully saturated rings. The van der Waals surface area contributed by atoms with Gasteiger partial charge in [-0.2, -0.15) is 0 Å². The van der Waals surface area contributed by atoms with Gasteiger partial charge >= 0.3 is 0 Å². The van der Waals surface area contributed by atoms with Crippen molar-refractivity contribution in [2.75, 3.05) is 6.61 Å². The molecule has 0 heterocycles. The molecule has 0 aliphatic carbocycles. The highest BCUT2D eigenvalue weighted by atomic mass is 35.5. The minimum atomic E-state index is -1.38. The molecule has 0 aliphatic rings. The fraction of sp³-hybridized carbons (Fsp3) is 0.333. The van der Waals surface area contributed by atoms with Crippen LogP contribution in [0, 0.1) is 10.1 Å². The van der Waals surface area contributed by atoms with Crippen LogP contribution in [0.4, 0.5) is 5.69 Å². The van der Waals surface area contributed by atoms with Crippen molar-refractivity contribution in [1.29, 1.82) is 0 Å². The maximum Gasteiger partial charge on any atom is 0.270 e. The molecule has 2 atom stereocenters. The Balaban J connectivity index is 3.03. The lowest BCUT2D eigenvalue weighted by molar-refractivity contribution is -0.384. The number of hydrogen-bond acceptors (Lipinski definition) is 5. The standard InChI is InChI=1S/C9H10ClNO5/c10-7-3-5(11(15)16)1-2-6(7)9(14)8(13)4-12/h1-3,8-9,12-14H,4H2. The van der Waals surface area contributed by atoms with Crippen molar-refractivity contribution in [3.8, 4) is 0 Å². The van der Waals surface area contributed by atoms with Gasteiger partial charge in [0.1, 0.15) is 12.2 Å². The summed E-state index contributed by atoms with van der Waals surface area (Å²) in [7, 11) is 0. The Morgan fingerprint density at radius 3 is 2.50 bits per heavy atom. The summed E-state index contributed by atoms with van der Waals surface area (Å²) in [5.74, 6) is 0. The molecule has 0 bridgehead atoms.